The molecule has 1 atom stereocenters. The number of piperidine rings is 1. The number of carbonyl (C=O) groups is 1. The van der Waals surface area contributed by atoms with E-state index in [4.69, 9.17) is 14.5 Å². The Morgan fingerprint density at radius 2 is 1.79 bits per heavy atom. The van der Waals surface area contributed by atoms with Crippen molar-refractivity contribution in [2.24, 2.45) is 5.41 Å². The predicted octanol–water partition coefficient (Wildman–Crippen LogP) is 3.77. The fourth-order valence-electron chi connectivity index (χ4n) is 3.65. The SMILES string of the molecule is COc1cc(C)c(S(=O)(=O)N2CCCC[C@H]2COOC(=O)CC(C)(C)C)c(C)c1. The highest BCUT2D eigenvalue weighted by molar-refractivity contribution is 7.89. The highest BCUT2D eigenvalue weighted by atomic mass is 32.2. The number of hydrogen-bond acceptors (Lipinski definition) is 6. The molecule has 1 saturated heterocycles. The van der Waals surface area contributed by atoms with Gasteiger partial charge in [0.15, 0.2) is 0 Å². The van der Waals surface area contributed by atoms with E-state index in [0.29, 0.717) is 34.7 Å². The van der Waals surface area contributed by atoms with Crippen LogP contribution in [0.3, 0.4) is 0 Å². The number of ether oxygens (including phenoxy) is 1. The molecule has 0 saturated carbocycles. The third-order valence-corrected chi connectivity index (χ3v) is 7.15. The molecule has 8 heteroatoms. The van der Waals surface area contributed by atoms with Gasteiger partial charge in [0.2, 0.25) is 10.0 Å². The summed E-state index contributed by atoms with van der Waals surface area (Å²) in [5.74, 6) is 0.174. The van der Waals surface area contributed by atoms with Gasteiger partial charge in [-0.05, 0) is 55.4 Å². The van der Waals surface area contributed by atoms with Crippen LogP contribution in [0.2, 0.25) is 0 Å². The average molecular weight is 428 g/mol. The smallest absolute Gasteiger partial charge is 0.342 e. The van der Waals surface area contributed by atoms with Crippen molar-refractivity contribution in [1.82, 2.24) is 4.31 Å². The first-order valence-corrected chi connectivity index (χ1v) is 11.4. The molecule has 1 aromatic carbocycles. The van der Waals surface area contributed by atoms with Gasteiger partial charge in [-0.3, -0.25) is 4.89 Å². The number of sulfonamides is 1. The maximum absolute atomic E-state index is 13.4. The van der Waals surface area contributed by atoms with Gasteiger partial charge in [0, 0.05) is 6.54 Å². The van der Waals surface area contributed by atoms with Crippen LogP contribution in [0, 0.1) is 19.3 Å². The molecule has 0 bridgehead atoms. The molecule has 0 aliphatic carbocycles. The van der Waals surface area contributed by atoms with Gasteiger partial charge in [0.1, 0.15) is 12.4 Å². The first-order valence-electron chi connectivity index (χ1n) is 9.95. The molecule has 7 nitrogen and oxygen atoms in total. The summed E-state index contributed by atoms with van der Waals surface area (Å²) in [5.41, 5.74) is 1.08. The van der Waals surface area contributed by atoms with Crippen molar-refractivity contribution in [3.05, 3.63) is 23.3 Å². The van der Waals surface area contributed by atoms with Gasteiger partial charge in [-0.2, -0.15) is 9.19 Å². The van der Waals surface area contributed by atoms with E-state index in [0.717, 1.165) is 12.8 Å². The van der Waals surface area contributed by atoms with E-state index in [2.05, 4.69) is 0 Å². The predicted molar refractivity (Wildman–Crippen MR) is 110 cm³/mol. The number of hydrogen-bond donors (Lipinski definition) is 0. The Balaban J connectivity index is 2.15. The second kappa shape index (κ2) is 9.45. The van der Waals surface area contributed by atoms with Crippen LogP contribution in [0.1, 0.15) is 57.6 Å². The summed E-state index contributed by atoms with van der Waals surface area (Å²) in [6.07, 6.45) is 2.57. The Kier molecular flexibility index (Phi) is 7.70. The summed E-state index contributed by atoms with van der Waals surface area (Å²) >= 11 is 0. The maximum Gasteiger partial charge on any atom is 0.342 e. The van der Waals surface area contributed by atoms with Crippen molar-refractivity contribution >= 4 is 16.0 Å². The largest absolute Gasteiger partial charge is 0.497 e. The van der Waals surface area contributed by atoms with Crippen molar-refractivity contribution in [2.75, 3.05) is 20.3 Å². The molecule has 0 N–H and O–H groups in total. The Bertz CT molecular complexity index is 805. The van der Waals surface area contributed by atoms with E-state index in [1.54, 1.807) is 33.1 Å². The molecule has 1 aliphatic rings. The molecule has 0 spiro atoms. The van der Waals surface area contributed by atoms with Gasteiger partial charge in [-0.15, -0.1) is 0 Å². The van der Waals surface area contributed by atoms with E-state index in [9.17, 15) is 13.2 Å². The monoisotopic (exact) mass is 427 g/mol. The summed E-state index contributed by atoms with van der Waals surface area (Å²) in [5, 5.41) is 0. The Morgan fingerprint density at radius 1 is 1.17 bits per heavy atom. The van der Waals surface area contributed by atoms with E-state index in [1.807, 2.05) is 20.8 Å². The number of carbonyl (C=O) groups excluding carboxylic acids is 1. The van der Waals surface area contributed by atoms with Crippen LogP contribution in [0.25, 0.3) is 0 Å². The Morgan fingerprint density at radius 3 is 2.34 bits per heavy atom. The first-order chi connectivity index (χ1) is 13.5. The lowest BCUT2D eigenvalue weighted by Crippen LogP contribution is -2.46. The lowest BCUT2D eigenvalue weighted by atomic mass is 9.93. The van der Waals surface area contributed by atoms with Crippen molar-refractivity contribution in [2.45, 2.75) is 71.2 Å². The molecule has 1 fully saturated rings. The quantitative estimate of drug-likeness (QED) is 0.487. The Hall–Kier alpha value is -1.64. The summed E-state index contributed by atoms with van der Waals surface area (Å²) in [4.78, 5) is 22.2. The lowest BCUT2D eigenvalue weighted by molar-refractivity contribution is -0.279. The van der Waals surface area contributed by atoms with Crippen molar-refractivity contribution in [1.29, 1.82) is 0 Å². The van der Waals surface area contributed by atoms with E-state index < -0.39 is 16.0 Å². The van der Waals surface area contributed by atoms with Gasteiger partial charge < -0.3 is 4.74 Å². The number of methoxy groups -OCH3 is 1. The average Bonchev–Trinajstić information content (AvgIpc) is 2.59. The van der Waals surface area contributed by atoms with Crippen LogP contribution < -0.4 is 4.74 Å². The zero-order valence-corrected chi connectivity index (χ0v) is 19.1. The van der Waals surface area contributed by atoms with Gasteiger partial charge >= 0.3 is 5.97 Å². The molecule has 0 radical (unpaired) electrons. The molecule has 1 aliphatic heterocycles. The second-order valence-electron chi connectivity index (χ2n) is 8.83. The lowest BCUT2D eigenvalue weighted by Gasteiger charge is -2.34. The van der Waals surface area contributed by atoms with Crippen molar-refractivity contribution in [3.8, 4) is 5.75 Å². The molecule has 0 unspecified atom stereocenters. The van der Waals surface area contributed by atoms with E-state index in [-0.39, 0.29) is 24.5 Å². The summed E-state index contributed by atoms with van der Waals surface area (Å²) < 4.78 is 33.6. The van der Waals surface area contributed by atoms with Crippen molar-refractivity contribution < 1.29 is 27.7 Å². The highest BCUT2D eigenvalue weighted by Crippen LogP contribution is 2.32. The minimum Gasteiger partial charge on any atom is -0.497 e. The van der Waals surface area contributed by atoms with Crippen molar-refractivity contribution in [3.63, 3.8) is 0 Å². The van der Waals surface area contributed by atoms with Gasteiger partial charge in [0.05, 0.1) is 24.5 Å². The molecule has 0 aromatic heterocycles. The zero-order chi connectivity index (χ0) is 21.8. The molecule has 2 rings (SSSR count). The fourth-order valence-corrected chi connectivity index (χ4v) is 5.74. The minimum atomic E-state index is -3.72. The summed E-state index contributed by atoms with van der Waals surface area (Å²) in [6.45, 7) is 9.77. The molecular formula is C21H33NO6S. The maximum atomic E-state index is 13.4. The standard InChI is InChI=1S/C21H33NO6S/c1-15-11-18(26-6)12-16(2)20(15)29(24,25)22-10-8-7-9-17(22)14-27-28-19(23)13-21(3,4)5/h11-12,17H,7-10,13-14H2,1-6H3/t17-/m0/s1. The van der Waals surface area contributed by atoms with Crippen LogP contribution >= 0.6 is 0 Å². The summed E-state index contributed by atoms with van der Waals surface area (Å²) in [6, 6.07) is 3.07. The molecule has 164 valence electrons. The highest BCUT2D eigenvalue weighted by Gasteiger charge is 2.36. The van der Waals surface area contributed by atoms with Gasteiger partial charge in [0.25, 0.3) is 0 Å². The second-order valence-corrected chi connectivity index (χ2v) is 10.7. The zero-order valence-electron chi connectivity index (χ0n) is 18.3. The minimum absolute atomic E-state index is 0.0172. The number of aryl methyl sites for hydroxylation is 2. The van der Waals surface area contributed by atoms with Crippen LogP contribution in [0.15, 0.2) is 17.0 Å². The van der Waals surface area contributed by atoms with E-state index >= 15 is 0 Å². The number of benzene rings is 1. The third kappa shape index (κ3) is 6.17. The fraction of sp³-hybridized carbons (Fsp3) is 0.667. The van der Waals surface area contributed by atoms with Crippen LogP contribution in [-0.2, 0) is 24.6 Å². The topological polar surface area (TPSA) is 82.1 Å². The normalized spacial score (nSPS) is 18.5. The van der Waals surface area contributed by atoms with Crippen LogP contribution in [0.4, 0.5) is 0 Å². The van der Waals surface area contributed by atoms with E-state index in [1.165, 1.54) is 4.31 Å². The van der Waals surface area contributed by atoms with Crippen LogP contribution in [0.5, 0.6) is 5.75 Å². The molecule has 29 heavy (non-hydrogen) atoms. The Labute approximate surface area is 174 Å². The molecule has 1 aromatic rings. The van der Waals surface area contributed by atoms with Gasteiger partial charge in [-0.1, -0.05) is 27.2 Å². The third-order valence-electron chi connectivity index (χ3n) is 4.90. The number of rotatable bonds is 7. The molecule has 1 heterocycles. The van der Waals surface area contributed by atoms with Crippen LogP contribution in [-0.4, -0.2) is 45.0 Å². The number of nitrogens with zero attached hydrogens (tertiary/aromatic N) is 1. The summed E-state index contributed by atoms with van der Waals surface area (Å²) in [7, 11) is -2.16. The molecular weight excluding hydrogens is 394 g/mol. The molecule has 0 amide bonds. The first kappa shape index (κ1) is 23.6. The van der Waals surface area contributed by atoms with Gasteiger partial charge in [-0.25, -0.2) is 13.2 Å².